The van der Waals surface area contributed by atoms with Crippen LogP contribution in [0.5, 0.6) is 0 Å². The van der Waals surface area contributed by atoms with Crippen LogP contribution in [0.3, 0.4) is 0 Å². The Bertz CT molecular complexity index is 4280. The number of rotatable bonds is 15. The van der Waals surface area contributed by atoms with E-state index in [0.29, 0.717) is 76.4 Å². The van der Waals surface area contributed by atoms with Gasteiger partial charge < -0.3 is 47.9 Å². The number of nitrogens with two attached hydrogens (primary N) is 3. The number of para-hydroxylation sites is 3. The Morgan fingerprint density at radius 1 is 0.516 bits per heavy atom. The van der Waals surface area contributed by atoms with E-state index in [9.17, 15) is 32.4 Å². The minimum absolute atomic E-state index is 0. The molecule has 2 aliphatic rings. The molecule has 5 heterocycles. The summed E-state index contributed by atoms with van der Waals surface area (Å²) in [5, 5.41) is 17.0. The summed E-state index contributed by atoms with van der Waals surface area (Å²) in [7, 11) is 0.877. The van der Waals surface area contributed by atoms with E-state index in [4.69, 9.17) is 22.5 Å². The molecule has 9 aromatic rings. The maximum absolute atomic E-state index is 12.9. The van der Waals surface area contributed by atoms with Crippen LogP contribution < -0.4 is 33.2 Å². The molecule has 93 heavy (non-hydrogen) atoms. The topological polar surface area (TPSA) is 348 Å². The van der Waals surface area contributed by atoms with Gasteiger partial charge in [-0.25, -0.2) is 38.3 Å². The second-order valence-electron chi connectivity index (χ2n) is 21.9. The molecular weight excluding hydrogens is 1200 g/mol. The van der Waals surface area contributed by atoms with Crippen LogP contribution in [0.2, 0.25) is 0 Å². The lowest BCUT2D eigenvalue weighted by Gasteiger charge is -2.35. The van der Waals surface area contributed by atoms with Gasteiger partial charge in [-0.1, -0.05) is 91.0 Å². The molecule has 2 saturated heterocycles. The molecule has 2 aliphatic heterocycles. The predicted octanol–water partition coefficient (Wildman–Crippen LogP) is 9.65. The molecule has 0 atom stereocenters. The van der Waals surface area contributed by atoms with Crippen molar-refractivity contribution < 1.29 is 41.0 Å². The Kier molecular flexibility index (Phi) is 22.0. The van der Waals surface area contributed by atoms with Gasteiger partial charge in [0.25, 0.3) is 29.5 Å². The number of nitrogen functional groups attached to an aromatic ring is 3. The van der Waals surface area contributed by atoms with E-state index in [0.717, 1.165) is 62.9 Å². The monoisotopic (exact) mass is 1280 g/mol. The minimum atomic E-state index is -3.28. The smallest absolute Gasteiger partial charge is 0.278 e. The van der Waals surface area contributed by atoms with E-state index in [-0.39, 0.29) is 59.8 Å². The molecule has 24 nitrogen and oxygen atoms in total. The number of nitriles is 1. The van der Waals surface area contributed by atoms with Crippen LogP contribution in [-0.2, 0) is 9.84 Å². The van der Waals surface area contributed by atoms with Crippen LogP contribution in [0, 0.1) is 11.3 Å². The number of piperidine rings is 1. The van der Waals surface area contributed by atoms with E-state index >= 15 is 0 Å². The fraction of sp³-hybridized carbons (Fsp3) is 0.206. The molecule has 2 fully saturated rings. The van der Waals surface area contributed by atoms with Crippen molar-refractivity contribution in [1.82, 2.24) is 49.5 Å². The number of hydrogen-bond donors (Lipinski definition) is 6. The summed E-state index contributed by atoms with van der Waals surface area (Å²) in [6.45, 7) is 5.05. The largest absolute Gasteiger partial charge is 0.382 e. The van der Waals surface area contributed by atoms with Crippen molar-refractivity contribution in [2.75, 3.05) is 99.3 Å². The van der Waals surface area contributed by atoms with E-state index in [1.54, 1.807) is 97.1 Å². The molecule has 25 heteroatoms. The molecule has 11 rings (SSSR count). The van der Waals surface area contributed by atoms with Crippen LogP contribution in [-0.4, -0.2) is 160 Å². The molecule has 0 aliphatic carbocycles. The van der Waals surface area contributed by atoms with Crippen LogP contribution >= 0.6 is 0 Å². The molecule has 486 valence electrons. The highest BCUT2D eigenvalue weighted by Crippen LogP contribution is 2.26. The molecule has 9 N–H and O–H groups in total. The summed E-state index contributed by atoms with van der Waals surface area (Å²) in [5.74, 6) is -1.24. The summed E-state index contributed by atoms with van der Waals surface area (Å²) in [6.07, 6.45) is 8.06. The molecule has 0 radical (unpaired) electrons. The summed E-state index contributed by atoms with van der Waals surface area (Å²) in [6, 6.07) is 50.2. The normalized spacial score (nSPS) is 13.2. The van der Waals surface area contributed by atoms with Crippen molar-refractivity contribution in [2.24, 2.45) is 0 Å². The van der Waals surface area contributed by atoms with Gasteiger partial charge in [-0.05, 0) is 99.7 Å². The molecule has 5 amide bonds. The number of likely N-dealkylation sites (tertiary alicyclic amines) is 1. The SMILES string of the molecule is CN(C)C1CCN(C(=O)c2ccc(-c3cnc(N)c(C(=O)Nc4ccccc4)n3)cc2)CC1.CS(=O)(=O)c1ccc(-c2cnc(N)c(C(=O)Nc3ccccc3)n2)cc1.N#CCCN1CCN(C(=O)c2ccc(-c3cnc(N)c(C(=O)Nc4ccccc4)n3)cc2)CC1.[HH].[HH].[HH].[HH].[HH].[HH]. The number of aromatic nitrogens is 6. The number of hydrogen-bond acceptors (Lipinski definition) is 19. The number of piperazine rings is 1. The van der Waals surface area contributed by atoms with Crippen molar-refractivity contribution in [1.29, 1.82) is 5.26 Å². The summed E-state index contributed by atoms with van der Waals surface area (Å²) >= 11 is 0. The zero-order chi connectivity index (χ0) is 66.0. The second kappa shape index (κ2) is 30.9. The molecule has 0 unspecified atom stereocenters. The average Bonchev–Trinajstić information content (AvgIpc) is 0.829. The van der Waals surface area contributed by atoms with Gasteiger partial charge in [0.1, 0.15) is 0 Å². The molecular formula is C68H81N17O7S. The van der Waals surface area contributed by atoms with Gasteiger partial charge in [0.05, 0.1) is 46.6 Å². The number of nitrogens with one attached hydrogen (secondary N) is 3. The average molecular weight is 1280 g/mol. The number of sulfone groups is 1. The number of carbonyl (C=O) groups excluding carboxylic acids is 5. The van der Waals surface area contributed by atoms with Gasteiger partial charge in [0.2, 0.25) is 0 Å². The first-order valence-corrected chi connectivity index (χ1v) is 31.5. The van der Waals surface area contributed by atoms with Crippen molar-refractivity contribution in [2.45, 2.75) is 30.2 Å². The number of benzene rings is 6. The van der Waals surface area contributed by atoms with Crippen LogP contribution in [0.15, 0.2) is 187 Å². The third-order valence-electron chi connectivity index (χ3n) is 15.3. The van der Waals surface area contributed by atoms with Gasteiger partial charge in [-0.2, -0.15) is 5.26 Å². The lowest BCUT2D eigenvalue weighted by molar-refractivity contribution is 0.0637. The van der Waals surface area contributed by atoms with Crippen LogP contribution in [0.4, 0.5) is 34.5 Å². The lowest BCUT2D eigenvalue weighted by Crippen LogP contribution is -2.48. The summed E-state index contributed by atoms with van der Waals surface area (Å²) in [5.41, 5.74) is 24.3. The fourth-order valence-corrected chi connectivity index (χ4v) is 10.7. The van der Waals surface area contributed by atoms with E-state index in [1.165, 1.54) is 30.7 Å². The van der Waals surface area contributed by atoms with E-state index < -0.39 is 27.6 Å². The van der Waals surface area contributed by atoms with Gasteiger partial charge in [-0.15, -0.1) is 0 Å². The Balaban J connectivity index is 0.000000378. The summed E-state index contributed by atoms with van der Waals surface area (Å²) < 4.78 is 23.1. The van der Waals surface area contributed by atoms with Gasteiger partial charge in [0, 0.05) is 118 Å². The van der Waals surface area contributed by atoms with Gasteiger partial charge >= 0.3 is 0 Å². The molecule has 0 bridgehead atoms. The van der Waals surface area contributed by atoms with Crippen molar-refractivity contribution in [3.05, 3.63) is 211 Å². The maximum atomic E-state index is 12.9. The van der Waals surface area contributed by atoms with Crippen molar-refractivity contribution in [3.8, 4) is 39.8 Å². The van der Waals surface area contributed by atoms with Crippen LogP contribution in [0.25, 0.3) is 33.8 Å². The number of amides is 5. The predicted molar refractivity (Wildman–Crippen MR) is 370 cm³/mol. The quantitative estimate of drug-likeness (QED) is 0.0556. The molecule has 0 spiro atoms. The van der Waals surface area contributed by atoms with Crippen molar-refractivity contribution in [3.63, 3.8) is 0 Å². The third-order valence-corrected chi connectivity index (χ3v) is 16.4. The maximum Gasteiger partial charge on any atom is 0.278 e. The molecule has 3 aromatic heterocycles. The molecule has 6 aromatic carbocycles. The standard InChI is InChI=1S/C25H25N7O2.C25H28N6O2.C18H16N4O3S.6H2/c26-11-4-12-31-13-15-32(16-14-31)25(34)19-9-7-18(8-10-19)21-17-28-23(27)22(30-21)24(33)29-20-5-2-1-3-6-20;1-30(2)20-12-14-31(15-13-20)25(33)18-10-8-17(9-11-18)21-16-27-23(26)22(29-21)24(32)28-19-6-4-3-5-7-19;1-26(24,25)14-9-7-12(8-10-14)15-11-20-17(19)16(22-15)18(23)21-13-5-3-2-4-6-13;;;;;;/h1-3,5-10,17H,4,12-16H2,(H2,27,28)(H,29,33);3-11,16,20H,12-15H2,1-2H3,(H2,26,27)(H,28,32);2-11H,1H3,(H2,19,20)(H,21,23);6*1H. The van der Waals surface area contributed by atoms with Gasteiger partial charge in [0.15, 0.2) is 44.4 Å². The first-order chi connectivity index (χ1) is 44.8. The number of anilines is 6. The Hall–Kier alpha value is -11.3. The van der Waals surface area contributed by atoms with Crippen molar-refractivity contribution >= 4 is 73.9 Å². The lowest BCUT2D eigenvalue weighted by atomic mass is 10.0. The highest BCUT2D eigenvalue weighted by Gasteiger charge is 2.26. The highest BCUT2D eigenvalue weighted by molar-refractivity contribution is 7.90. The minimum Gasteiger partial charge on any atom is -0.382 e. The summed E-state index contributed by atoms with van der Waals surface area (Å²) in [4.78, 5) is 97.3. The number of carbonyl (C=O) groups is 5. The first-order valence-electron chi connectivity index (χ1n) is 29.6. The third kappa shape index (κ3) is 17.8. The number of nitrogens with zero attached hydrogens (tertiary/aromatic N) is 11. The fourth-order valence-electron chi connectivity index (χ4n) is 10.0. The molecule has 0 saturated carbocycles. The van der Waals surface area contributed by atoms with Crippen LogP contribution in [0.1, 0.15) is 80.0 Å². The Labute approximate surface area is 547 Å². The van der Waals surface area contributed by atoms with E-state index in [1.807, 2.05) is 64.4 Å². The van der Waals surface area contributed by atoms with E-state index in [2.05, 4.69) is 75.8 Å². The zero-order valence-electron chi connectivity index (χ0n) is 51.4. The highest BCUT2D eigenvalue weighted by atomic mass is 32.2. The second-order valence-corrected chi connectivity index (χ2v) is 23.9. The first kappa shape index (κ1) is 66.1. The van der Waals surface area contributed by atoms with Gasteiger partial charge in [-0.3, -0.25) is 28.9 Å². The Morgan fingerprint density at radius 2 is 0.849 bits per heavy atom. The zero-order valence-corrected chi connectivity index (χ0v) is 52.2. The Morgan fingerprint density at radius 3 is 1.17 bits per heavy atom.